The van der Waals surface area contributed by atoms with Crippen LogP contribution in [0, 0.1) is 0 Å². The first kappa shape index (κ1) is 13.4. The zero-order chi connectivity index (χ0) is 13.0. The van der Waals surface area contributed by atoms with E-state index in [4.69, 9.17) is 0 Å². The smallest absolute Gasteiger partial charge is 0.0591 e. The molecule has 0 aliphatic rings. The van der Waals surface area contributed by atoms with Gasteiger partial charge in [-0.25, -0.2) is 0 Å². The minimum absolute atomic E-state index is 0.881. The fourth-order valence-corrected chi connectivity index (χ4v) is 2.26. The summed E-state index contributed by atoms with van der Waals surface area (Å²) >= 11 is 6.98. The Balaban J connectivity index is 2.22. The van der Waals surface area contributed by atoms with Gasteiger partial charge in [-0.3, -0.25) is 4.98 Å². The number of rotatable bonds is 4. The molecule has 18 heavy (non-hydrogen) atoms. The lowest BCUT2D eigenvalue weighted by Gasteiger charge is -2.10. The van der Waals surface area contributed by atoms with Crippen LogP contribution in [0.15, 0.2) is 45.6 Å². The molecule has 1 aromatic heterocycles. The molecule has 0 radical (unpaired) electrons. The maximum absolute atomic E-state index is 4.20. The molecule has 0 saturated heterocycles. The van der Waals surface area contributed by atoms with E-state index in [0.717, 1.165) is 32.6 Å². The van der Waals surface area contributed by atoms with E-state index in [0.29, 0.717) is 0 Å². The molecule has 0 unspecified atom stereocenters. The average molecular weight is 371 g/mol. The lowest BCUT2D eigenvalue weighted by molar-refractivity contribution is 1.19. The van der Waals surface area contributed by atoms with Crippen molar-refractivity contribution in [2.24, 2.45) is 0 Å². The van der Waals surface area contributed by atoms with E-state index in [9.17, 15) is 0 Å². The number of hydrogen-bond donors (Lipinski definition) is 2. The second-order valence-electron chi connectivity index (χ2n) is 3.74. The van der Waals surface area contributed by atoms with Crippen molar-refractivity contribution in [3.63, 3.8) is 0 Å². The number of halogens is 2. The lowest BCUT2D eigenvalue weighted by atomic mass is 10.3. The van der Waals surface area contributed by atoms with Crippen molar-refractivity contribution in [1.29, 1.82) is 0 Å². The molecule has 0 fully saturated rings. The van der Waals surface area contributed by atoms with Gasteiger partial charge in [-0.15, -0.1) is 0 Å². The molecular weight excluding hydrogens is 358 g/mol. The van der Waals surface area contributed by atoms with Gasteiger partial charge in [-0.2, -0.15) is 0 Å². The number of nitrogens with one attached hydrogen (secondary N) is 2. The normalized spacial score (nSPS) is 10.2. The van der Waals surface area contributed by atoms with Crippen LogP contribution in [0.2, 0.25) is 0 Å². The van der Waals surface area contributed by atoms with Crippen LogP contribution in [0.5, 0.6) is 0 Å². The quantitative estimate of drug-likeness (QED) is 0.812. The van der Waals surface area contributed by atoms with Gasteiger partial charge < -0.3 is 10.6 Å². The molecule has 2 aromatic rings. The molecule has 0 spiro atoms. The van der Waals surface area contributed by atoms with E-state index in [2.05, 4.69) is 54.4 Å². The second kappa shape index (κ2) is 6.20. The average Bonchev–Trinajstić information content (AvgIpc) is 2.35. The van der Waals surface area contributed by atoms with Crippen molar-refractivity contribution in [1.82, 2.24) is 4.98 Å². The summed E-state index contributed by atoms with van der Waals surface area (Å²) in [5.74, 6) is 0. The molecule has 1 heterocycles. The standard InChI is InChI=1S/C13H13Br2N3/c1-2-17-10-6-11(8-16-7-10)18-13-5-9(14)3-4-12(13)15/h3-8,17-18H,2H2,1H3. The molecule has 0 aliphatic heterocycles. The number of benzene rings is 1. The van der Waals surface area contributed by atoms with Gasteiger partial charge in [0, 0.05) is 15.5 Å². The van der Waals surface area contributed by atoms with Crippen molar-refractivity contribution in [3.05, 3.63) is 45.6 Å². The molecule has 1 aromatic carbocycles. The highest BCUT2D eigenvalue weighted by Gasteiger charge is 2.02. The van der Waals surface area contributed by atoms with Crippen LogP contribution in [0.3, 0.4) is 0 Å². The fraction of sp³-hybridized carbons (Fsp3) is 0.154. The Morgan fingerprint density at radius 1 is 1.11 bits per heavy atom. The zero-order valence-electron chi connectivity index (χ0n) is 9.87. The molecule has 0 aliphatic carbocycles. The van der Waals surface area contributed by atoms with Gasteiger partial charge in [-0.05, 0) is 47.1 Å². The molecule has 0 bridgehead atoms. The van der Waals surface area contributed by atoms with Crippen LogP contribution < -0.4 is 10.6 Å². The Bertz CT molecular complexity index is 544. The van der Waals surface area contributed by atoms with Crippen molar-refractivity contribution >= 4 is 48.9 Å². The summed E-state index contributed by atoms with van der Waals surface area (Å²) in [5.41, 5.74) is 2.96. The van der Waals surface area contributed by atoms with Gasteiger partial charge in [0.25, 0.3) is 0 Å². The number of pyridine rings is 1. The van der Waals surface area contributed by atoms with Gasteiger partial charge in [0.2, 0.25) is 0 Å². The third-order valence-electron chi connectivity index (χ3n) is 2.33. The van der Waals surface area contributed by atoms with Crippen LogP contribution in [0.25, 0.3) is 0 Å². The first-order valence-corrected chi connectivity index (χ1v) is 7.18. The van der Waals surface area contributed by atoms with Crippen molar-refractivity contribution in [3.8, 4) is 0 Å². The Morgan fingerprint density at radius 2 is 1.89 bits per heavy atom. The van der Waals surface area contributed by atoms with Crippen LogP contribution in [-0.4, -0.2) is 11.5 Å². The van der Waals surface area contributed by atoms with E-state index < -0.39 is 0 Å². The van der Waals surface area contributed by atoms with Crippen LogP contribution in [-0.2, 0) is 0 Å². The maximum Gasteiger partial charge on any atom is 0.0591 e. The summed E-state index contributed by atoms with van der Waals surface area (Å²) < 4.78 is 2.04. The summed E-state index contributed by atoms with van der Waals surface area (Å²) in [6.45, 7) is 2.94. The monoisotopic (exact) mass is 369 g/mol. The van der Waals surface area contributed by atoms with Gasteiger partial charge in [-0.1, -0.05) is 15.9 Å². The van der Waals surface area contributed by atoms with E-state index in [-0.39, 0.29) is 0 Å². The minimum Gasteiger partial charge on any atom is -0.384 e. The summed E-state index contributed by atoms with van der Waals surface area (Å²) in [4.78, 5) is 4.20. The first-order chi connectivity index (χ1) is 8.69. The summed E-state index contributed by atoms with van der Waals surface area (Å²) in [6.07, 6.45) is 3.61. The highest BCUT2D eigenvalue weighted by molar-refractivity contribution is 9.11. The SMILES string of the molecule is CCNc1cncc(Nc2cc(Br)ccc2Br)c1. The Kier molecular flexibility index (Phi) is 4.60. The third-order valence-corrected chi connectivity index (χ3v) is 3.51. The van der Waals surface area contributed by atoms with Crippen LogP contribution in [0.4, 0.5) is 17.1 Å². The molecule has 0 amide bonds. The van der Waals surface area contributed by atoms with Crippen LogP contribution >= 0.6 is 31.9 Å². The number of anilines is 3. The molecule has 5 heteroatoms. The highest BCUT2D eigenvalue weighted by Crippen LogP contribution is 2.29. The molecule has 2 N–H and O–H groups in total. The Labute approximate surface area is 123 Å². The predicted molar refractivity (Wildman–Crippen MR) is 83.5 cm³/mol. The Hall–Kier alpha value is -1.07. The first-order valence-electron chi connectivity index (χ1n) is 5.60. The number of nitrogens with zero attached hydrogens (tertiary/aromatic N) is 1. The molecule has 94 valence electrons. The summed E-state index contributed by atoms with van der Waals surface area (Å²) in [6, 6.07) is 8.03. The zero-order valence-corrected chi connectivity index (χ0v) is 13.0. The third kappa shape index (κ3) is 3.46. The molecule has 3 nitrogen and oxygen atoms in total. The summed E-state index contributed by atoms with van der Waals surface area (Å²) in [7, 11) is 0. The van der Waals surface area contributed by atoms with Crippen molar-refractivity contribution in [2.45, 2.75) is 6.92 Å². The summed E-state index contributed by atoms with van der Waals surface area (Å²) in [5, 5.41) is 6.57. The predicted octanol–water partition coefficient (Wildman–Crippen LogP) is 4.78. The molecule has 0 atom stereocenters. The van der Waals surface area contributed by atoms with Crippen molar-refractivity contribution in [2.75, 3.05) is 17.2 Å². The number of hydrogen-bond acceptors (Lipinski definition) is 3. The highest BCUT2D eigenvalue weighted by atomic mass is 79.9. The Morgan fingerprint density at radius 3 is 2.67 bits per heavy atom. The minimum atomic E-state index is 0.881. The number of aromatic nitrogens is 1. The molecule has 0 saturated carbocycles. The topological polar surface area (TPSA) is 37.0 Å². The van der Waals surface area contributed by atoms with Crippen molar-refractivity contribution < 1.29 is 0 Å². The fourth-order valence-electron chi connectivity index (χ4n) is 1.56. The van der Waals surface area contributed by atoms with E-state index in [1.54, 1.807) is 6.20 Å². The van der Waals surface area contributed by atoms with Gasteiger partial charge in [0.05, 0.1) is 29.5 Å². The van der Waals surface area contributed by atoms with E-state index >= 15 is 0 Å². The van der Waals surface area contributed by atoms with E-state index in [1.807, 2.05) is 30.5 Å². The van der Waals surface area contributed by atoms with Gasteiger partial charge >= 0.3 is 0 Å². The molecule has 2 rings (SSSR count). The lowest BCUT2D eigenvalue weighted by Crippen LogP contribution is -1.98. The van der Waals surface area contributed by atoms with Crippen LogP contribution in [0.1, 0.15) is 6.92 Å². The second-order valence-corrected chi connectivity index (χ2v) is 5.51. The van der Waals surface area contributed by atoms with E-state index in [1.165, 1.54) is 0 Å². The van der Waals surface area contributed by atoms with Gasteiger partial charge in [0.1, 0.15) is 0 Å². The largest absolute Gasteiger partial charge is 0.384 e. The molecular formula is C13H13Br2N3. The van der Waals surface area contributed by atoms with Gasteiger partial charge in [0.15, 0.2) is 0 Å². The maximum atomic E-state index is 4.20.